The standard InChI is InChI=1S/C12H20N2O6S/c1-19-6-5-13(4-3-10(15)20-2)12(18)14-8-21-7-9(14)11(16)17/h9H,3-8H2,1-2H3,(H,16,17). The summed E-state index contributed by atoms with van der Waals surface area (Å²) in [4.78, 5) is 37.5. The first-order valence-electron chi connectivity index (χ1n) is 6.43. The number of urea groups is 1. The van der Waals surface area contributed by atoms with Crippen LogP contribution in [0, 0.1) is 0 Å². The van der Waals surface area contributed by atoms with Crippen LogP contribution in [-0.2, 0) is 19.1 Å². The molecule has 1 unspecified atom stereocenters. The monoisotopic (exact) mass is 320 g/mol. The second-order valence-electron chi connectivity index (χ2n) is 4.41. The van der Waals surface area contributed by atoms with Gasteiger partial charge in [0.1, 0.15) is 6.04 Å². The predicted molar refractivity (Wildman–Crippen MR) is 76.1 cm³/mol. The maximum absolute atomic E-state index is 12.4. The summed E-state index contributed by atoms with van der Waals surface area (Å²) < 4.78 is 9.49. The van der Waals surface area contributed by atoms with Gasteiger partial charge in [0.2, 0.25) is 0 Å². The fourth-order valence-corrected chi connectivity index (χ4v) is 2.99. The van der Waals surface area contributed by atoms with Crippen LogP contribution in [-0.4, -0.2) is 84.5 Å². The molecule has 1 saturated heterocycles. The van der Waals surface area contributed by atoms with Crippen molar-refractivity contribution in [3.05, 3.63) is 0 Å². The van der Waals surface area contributed by atoms with Gasteiger partial charge in [0.25, 0.3) is 0 Å². The molecular formula is C12H20N2O6S. The summed E-state index contributed by atoms with van der Waals surface area (Å²) in [6, 6.07) is -1.22. The van der Waals surface area contributed by atoms with Crippen molar-refractivity contribution in [2.75, 3.05) is 45.5 Å². The summed E-state index contributed by atoms with van der Waals surface area (Å²) in [6.07, 6.45) is 0.0602. The zero-order valence-corrected chi connectivity index (χ0v) is 12.9. The Morgan fingerprint density at radius 2 is 2.05 bits per heavy atom. The molecule has 9 heteroatoms. The average Bonchev–Trinajstić information content (AvgIpc) is 2.96. The van der Waals surface area contributed by atoms with E-state index in [2.05, 4.69) is 4.74 Å². The zero-order chi connectivity index (χ0) is 15.8. The molecule has 0 aliphatic carbocycles. The molecule has 1 N–H and O–H groups in total. The minimum absolute atomic E-state index is 0.0602. The van der Waals surface area contributed by atoms with E-state index in [9.17, 15) is 14.4 Å². The van der Waals surface area contributed by atoms with Crippen LogP contribution in [0.25, 0.3) is 0 Å². The van der Waals surface area contributed by atoms with Crippen molar-refractivity contribution in [1.82, 2.24) is 9.80 Å². The molecule has 1 aliphatic rings. The van der Waals surface area contributed by atoms with Crippen molar-refractivity contribution in [1.29, 1.82) is 0 Å². The second kappa shape index (κ2) is 8.73. The van der Waals surface area contributed by atoms with Gasteiger partial charge in [-0.15, -0.1) is 11.8 Å². The Kier molecular flexibility index (Phi) is 7.30. The molecule has 2 amide bonds. The minimum atomic E-state index is -1.02. The number of carboxylic acids is 1. The summed E-state index contributed by atoms with van der Waals surface area (Å²) in [7, 11) is 2.79. The number of amides is 2. The molecule has 0 bridgehead atoms. The molecule has 1 fully saturated rings. The van der Waals surface area contributed by atoms with Crippen LogP contribution in [0.3, 0.4) is 0 Å². The van der Waals surface area contributed by atoms with E-state index in [0.717, 1.165) is 0 Å². The lowest BCUT2D eigenvalue weighted by molar-refractivity contribution is -0.142. The van der Waals surface area contributed by atoms with E-state index in [4.69, 9.17) is 9.84 Å². The van der Waals surface area contributed by atoms with Gasteiger partial charge in [-0.25, -0.2) is 9.59 Å². The number of hydrogen-bond acceptors (Lipinski definition) is 6. The van der Waals surface area contributed by atoms with E-state index >= 15 is 0 Å². The molecule has 21 heavy (non-hydrogen) atoms. The molecule has 120 valence electrons. The number of thioether (sulfide) groups is 1. The van der Waals surface area contributed by atoms with Crippen LogP contribution in [0.4, 0.5) is 4.79 Å². The highest BCUT2D eigenvalue weighted by molar-refractivity contribution is 7.99. The van der Waals surface area contributed by atoms with Crippen LogP contribution in [0.5, 0.6) is 0 Å². The van der Waals surface area contributed by atoms with Crippen LogP contribution in [0.15, 0.2) is 0 Å². The number of esters is 1. The first kappa shape index (κ1) is 17.6. The normalized spacial score (nSPS) is 17.6. The third kappa shape index (κ3) is 5.09. The number of carboxylic acid groups (broad SMARTS) is 1. The van der Waals surface area contributed by atoms with Crippen molar-refractivity contribution in [3.8, 4) is 0 Å². The number of nitrogens with zero attached hydrogens (tertiary/aromatic N) is 2. The van der Waals surface area contributed by atoms with Gasteiger partial charge in [-0.05, 0) is 0 Å². The molecule has 0 saturated carbocycles. The van der Waals surface area contributed by atoms with E-state index in [1.807, 2.05) is 0 Å². The molecule has 0 aromatic rings. The van der Waals surface area contributed by atoms with Gasteiger partial charge in [0.15, 0.2) is 0 Å². The molecular weight excluding hydrogens is 300 g/mol. The van der Waals surface area contributed by atoms with Crippen molar-refractivity contribution in [2.24, 2.45) is 0 Å². The number of carbonyl (C=O) groups is 3. The Morgan fingerprint density at radius 3 is 2.62 bits per heavy atom. The highest BCUT2D eigenvalue weighted by Gasteiger charge is 2.36. The largest absolute Gasteiger partial charge is 0.480 e. The van der Waals surface area contributed by atoms with Crippen LogP contribution >= 0.6 is 11.8 Å². The maximum Gasteiger partial charge on any atom is 0.327 e. The molecule has 1 rings (SSSR count). The number of rotatable bonds is 7. The van der Waals surface area contributed by atoms with Crippen LogP contribution in [0.1, 0.15) is 6.42 Å². The number of carbonyl (C=O) groups excluding carboxylic acids is 2. The quantitative estimate of drug-likeness (QED) is 0.663. The summed E-state index contributed by atoms with van der Waals surface area (Å²) in [5.74, 6) is -0.739. The molecule has 0 aromatic heterocycles. The van der Waals surface area contributed by atoms with Gasteiger partial charge in [-0.2, -0.15) is 0 Å². The predicted octanol–water partition coefficient (Wildman–Crippen LogP) is 0.0774. The SMILES string of the molecule is COCCN(CCC(=O)OC)C(=O)N1CSCC1C(=O)O. The minimum Gasteiger partial charge on any atom is -0.480 e. The van der Waals surface area contributed by atoms with Crippen molar-refractivity contribution in [3.63, 3.8) is 0 Å². The van der Waals surface area contributed by atoms with Gasteiger partial charge >= 0.3 is 18.0 Å². The van der Waals surface area contributed by atoms with Gasteiger partial charge in [-0.1, -0.05) is 0 Å². The Balaban J connectivity index is 2.69. The van der Waals surface area contributed by atoms with E-state index in [1.165, 1.54) is 35.8 Å². The number of ether oxygens (including phenoxy) is 2. The molecule has 0 spiro atoms. The lowest BCUT2D eigenvalue weighted by Crippen LogP contribution is -2.50. The molecule has 0 aromatic carbocycles. The number of methoxy groups -OCH3 is 2. The molecule has 1 aliphatic heterocycles. The van der Waals surface area contributed by atoms with E-state index in [0.29, 0.717) is 24.8 Å². The Morgan fingerprint density at radius 1 is 1.33 bits per heavy atom. The van der Waals surface area contributed by atoms with Crippen molar-refractivity contribution in [2.45, 2.75) is 12.5 Å². The number of aliphatic carboxylic acids is 1. The average molecular weight is 320 g/mol. The Labute approximate surface area is 127 Å². The fourth-order valence-electron chi connectivity index (χ4n) is 1.85. The Hall–Kier alpha value is -1.48. The molecule has 8 nitrogen and oxygen atoms in total. The second-order valence-corrected chi connectivity index (χ2v) is 5.41. The van der Waals surface area contributed by atoms with E-state index in [1.54, 1.807) is 0 Å². The van der Waals surface area contributed by atoms with E-state index < -0.39 is 24.0 Å². The Bertz CT molecular complexity index is 392. The summed E-state index contributed by atoms with van der Waals surface area (Å²) in [6.45, 7) is 0.772. The maximum atomic E-state index is 12.4. The highest BCUT2D eigenvalue weighted by atomic mass is 32.2. The number of hydrogen-bond donors (Lipinski definition) is 1. The summed E-state index contributed by atoms with van der Waals surface area (Å²) in [5, 5.41) is 9.12. The van der Waals surface area contributed by atoms with Crippen molar-refractivity contribution >= 4 is 29.7 Å². The summed E-state index contributed by atoms with van der Waals surface area (Å²) in [5.41, 5.74) is 0. The van der Waals surface area contributed by atoms with Gasteiger partial charge in [-0.3, -0.25) is 4.79 Å². The van der Waals surface area contributed by atoms with Gasteiger partial charge in [0, 0.05) is 26.0 Å². The smallest absolute Gasteiger partial charge is 0.327 e. The third-order valence-electron chi connectivity index (χ3n) is 3.06. The topological polar surface area (TPSA) is 96.4 Å². The van der Waals surface area contributed by atoms with Crippen molar-refractivity contribution < 1.29 is 29.0 Å². The zero-order valence-electron chi connectivity index (χ0n) is 12.1. The fraction of sp³-hybridized carbons (Fsp3) is 0.750. The summed E-state index contributed by atoms with van der Waals surface area (Å²) >= 11 is 1.39. The lowest BCUT2D eigenvalue weighted by atomic mass is 10.3. The molecule has 1 atom stereocenters. The highest BCUT2D eigenvalue weighted by Crippen LogP contribution is 2.22. The van der Waals surface area contributed by atoms with Gasteiger partial charge in [0.05, 0.1) is 26.0 Å². The third-order valence-corrected chi connectivity index (χ3v) is 4.07. The van der Waals surface area contributed by atoms with E-state index in [-0.39, 0.29) is 13.0 Å². The van der Waals surface area contributed by atoms with Crippen LogP contribution < -0.4 is 0 Å². The first-order valence-corrected chi connectivity index (χ1v) is 7.58. The van der Waals surface area contributed by atoms with Gasteiger partial charge < -0.3 is 24.4 Å². The molecule has 1 heterocycles. The lowest BCUT2D eigenvalue weighted by Gasteiger charge is -2.29. The van der Waals surface area contributed by atoms with Crippen LogP contribution in [0.2, 0.25) is 0 Å². The molecule has 0 radical (unpaired) electrons. The first-order chi connectivity index (χ1) is 10.0.